The molecule has 6 nitrogen and oxygen atoms in total. The lowest BCUT2D eigenvalue weighted by Gasteiger charge is -2.15. The van der Waals surface area contributed by atoms with E-state index < -0.39 is 0 Å². The van der Waals surface area contributed by atoms with Crippen LogP contribution in [0.15, 0.2) is 76.6 Å². The van der Waals surface area contributed by atoms with E-state index in [0.29, 0.717) is 17.1 Å². The summed E-state index contributed by atoms with van der Waals surface area (Å²) in [6.45, 7) is 0.389. The van der Waals surface area contributed by atoms with Gasteiger partial charge in [0.1, 0.15) is 18.3 Å². The van der Waals surface area contributed by atoms with Crippen molar-refractivity contribution >= 4 is 22.2 Å². The van der Waals surface area contributed by atoms with E-state index in [-0.39, 0.29) is 23.0 Å². The monoisotopic (exact) mass is 431 g/mol. The molecule has 1 atom stereocenters. The second-order valence-electron chi connectivity index (χ2n) is 7.49. The van der Waals surface area contributed by atoms with Crippen LogP contribution in [0.5, 0.6) is 5.88 Å². The predicted molar refractivity (Wildman–Crippen MR) is 119 cm³/mol. The van der Waals surface area contributed by atoms with Gasteiger partial charge >= 0.3 is 10.5 Å². The van der Waals surface area contributed by atoms with Crippen molar-refractivity contribution in [3.05, 3.63) is 87.7 Å². The van der Waals surface area contributed by atoms with Gasteiger partial charge in [0.25, 0.3) is 0 Å². The molecule has 156 valence electrons. The van der Waals surface area contributed by atoms with Gasteiger partial charge in [0.15, 0.2) is 5.90 Å². The van der Waals surface area contributed by atoms with Gasteiger partial charge in [-0.3, -0.25) is 0 Å². The number of benzene rings is 2. The highest BCUT2D eigenvalue weighted by molar-refractivity contribution is 7.16. The summed E-state index contributed by atoms with van der Waals surface area (Å²) in [4.78, 5) is 19.6. The summed E-state index contributed by atoms with van der Waals surface area (Å²) in [6.07, 6.45) is 3.44. The minimum Gasteiger partial charge on any atom is -0.842 e. The maximum absolute atomic E-state index is 13.5. The van der Waals surface area contributed by atoms with Crippen LogP contribution in [0.3, 0.4) is 0 Å². The van der Waals surface area contributed by atoms with Crippen molar-refractivity contribution < 1.29 is 14.2 Å². The third-order valence-electron chi connectivity index (χ3n) is 5.54. The molecule has 4 aromatic rings. The first-order valence-electron chi connectivity index (χ1n) is 10.1. The molecule has 0 radical (unpaired) electrons. The molecule has 0 bridgehead atoms. The zero-order chi connectivity index (χ0) is 21.4. The fourth-order valence-electron chi connectivity index (χ4n) is 3.96. The first-order chi connectivity index (χ1) is 15.2. The van der Waals surface area contributed by atoms with Crippen LogP contribution < -0.4 is 15.1 Å². The molecule has 2 aromatic carbocycles. The summed E-state index contributed by atoms with van der Waals surface area (Å²) in [7, 11) is 1.63. The Balaban J connectivity index is 1.73. The Bertz CT molecular complexity index is 1330. The van der Waals surface area contributed by atoms with Crippen molar-refractivity contribution in [2.45, 2.75) is 25.4 Å². The molecule has 7 heteroatoms. The molecule has 0 saturated carbocycles. The molecule has 1 unspecified atom stereocenters. The standard InChI is InChI=1S/C24H21N3O3S/c1-30-20-13-12-18(25-20)19-15-27-23(29)21(17-10-6-3-7-11-17)22(28)26(24(27)31-19)14-16-8-4-2-5-9-16/h2-11,15,18H,12-14H2,1H3. The van der Waals surface area contributed by atoms with E-state index in [2.05, 4.69) is 4.99 Å². The first-order valence-corrected chi connectivity index (χ1v) is 11.0. The van der Waals surface area contributed by atoms with Gasteiger partial charge in [-0.2, -0.15) is 4.40 Å². The summed E-state index contributed by atoms with van der Waals surface area (Å²) in [5.74, 6) is 0.447. The molecule has 1 aliphatic heterocycles. The van der Waals surface area contributed by atoms with Gasteiger partial charge in [0.05, 0.1) is 23.9 Å². The minimum atomic E-state index is -0.299. The number of aromatic nitrogens is 2. The summed E-state index contributed by atoms with van der Waals surface area (Å²) in [5, 5.41) is 13.5. The number of hydrogen-bond acceptors (Lipinski definition) is 5. The highest BCUT2D eigenvalue weighted by Crippen LogP contribution is 2.34. The zero-order valence-electron chi connectivity index (χ0n) is 17.0. The molecule has 0 N–H and O–H groups in total. The van der Waals surface area contributed by atoms with E-state index in [1.165, 1.54) is 11.3 Å². The van der Waals surface area contributed by atoms with Crippen LogP contribution >= 0.6 is 11.3 Å². The van der Waals surface area contributed by atoms with Crippen LogP contribution in [0, 0.1) is 0 Å². The molecule has 1 aliphatic rings. The van der Waals surface area contributed by atoms with Gasteiger partial charge < -0.3 is 9.84 Å². The first kappa shape index (κ1) is 19.5. The lowest BCUT2D eigenvalue weighted by atomic mass is 10.1. The highest BCUT2D eigenvalue weighted by Gasteiger charge is 2.28. The fourth-order valence-corrected chi connectivity index (χ4v) is 5.13. The molecule has 0 amide bonds. The average molecular weight is 432 g/mol. The van der Waals surface area contributed by atoms with Crippen molar-refractivity contribution in [3.63, 3.8) is 0 Å². The molecule has 0 aliphatic carbocycles. The Labute approximate surface area is 183 Å². The van der Waals surface area contributed by atoms with Crippen molar-refractivity contribution in [1.29, 1.82) is 0 Å². The van der Waals surface area contributed by atoms with Crippen LogP contribution in [-0.4, -0.2) is 17.6 Å². The molecule has 0 spiro atoms. The van der Waals surface area contributed by atoms with Crippen LogP contribution in [0.1, 0.15) is 29.3 Å². The van der Waals surface area contributed by atoms with Crippen molar-refractivity contribution in [1.82, 2.24) is 4.57 Å². The molecular formula is C24H21N3O3S. The molecule has 0 saturated heterocycles. The predicted octanol–water partition coefficient (Wildman–Crippen LogP) is 3.32. The van der Waals surface area contributed by atoms with E-state index in [1.807, 2.05) is 54.7 Å². The maximum atomic E-state index is 13.5. The van der Waals surface area contributed by atoms with E-state index in [0.717, 1.165) is 29.2 Å². The average Bonchev–Trinajstić information content (AvgIpc) is 3.46. The second kappa shape index (κ2) is 8.00. The summed E-state index contributed by atoms with van der Waals surface area (Å²) < 4.78 is 8.59. The number of methoxy groups -OCH3 is 1. The second-order valence-corrected chi connectivity index (χ2v) is 8.53. The van der Waals surface area contributed by atoms with Gasteiger partial charge in [0, 0.05) is 6.42 Å². The number of thiazole rings is 1. The smallest absolute Gasteiger partial charge is 0.350 e. The SMILES string of the molecule is COC1=NC(c2c[n+]3c(=O)c(-c4ccccc4)c([O-])n(Cc4ccccc4)c3s2)CC1. The number of fused-ring (bicyclic) bond motifs is 1. The van der Waals surface area contributed by atoms with Crippen LogP contribution in [-0.2, 0) is 11.3 Å². The lowest BCUT2D eigenvalue weighted by Crippen LogP contribution is -2.43. The molecule has 3 heterocycles. The summed E-state index contributed by atoms with van der Waals surface area (Å²) >= 11 is 1.45. The summed E-state index contributed by atoms with van der Waals surface area (Å²) in [6, 6.07) is 18.9. The number of nitrogens with zero attached hydrogens (tertiary/aromatic N) is 3. The minimum absolute atomic E-state index is 0.0558. The van der Waals surface area contributed by atoms with Crippen molar-refractivity contribution in [2.24, 2.45) is 4.99 Å². The van der Waals surface area contributed by atoms with E-state index in [1.54, 1.807) is 28.2 Å². The largest absolute Gasteiger partial charge is 0.842 e. The quantitative estimate of drug-likeness (QED) is 0.466. The van der Waals surface area contributed by atoms with Gasteiger partial charge in [0.2, 0.25) is 0 Å². The Kier molecular flexibility index (Phi) is 5.03. The molecule has 5 rings (SSSR count). The fraction of sp³-hybridized carbons (Fsp3) is 0.208. The van der Waals surface area contributed by atoms with Gasteiger partial charge in [-0.05, 0) is 28.9 Å². The van der Waals surface area contributed by atoms with Crippen molar-refractivity contribution in [2.75, 3.05) is 7.11 Å². The van der Waals surface area contributed by atoms with Crippen LogP contribution in [0.4, 0.5) is 0 Å². The van der Waals surface area contributed by atoms with Crippen molar-refractivity contribution in [3.8, 4) is 17.0 Å². The summed E-state index contributed by atoms with van der Waals surface area (Å²) in [5.41, 5.74) is 1.51. The molecular weight excluding hydrogens is 410 g/mol. The van der Waals surface area contributed by atoms with Crippen LogP contribution in [0.2, 0.25) is 0 Å². The van der Waals surface area contributed by atoms with Gasteiger partial charge in [-0.15, -0.1) is 0 Å². The Morgan fingerprint density at radius 1 is 1.16 bits per heavy atom. The Morgan fingerprint density at radius 2 is 1.87 bits per heavy atom. The van der Waals surface area contributed by atoms with E-state index in [4.69, 9.17) is 4.74 Å². The number of aliphatic imine (C=N–C) groups is 1. The molecule has 31 heavy (non-hydrogen) atoms. The Morgan fingerprint density at radius 3 is 2.55 bits per heavy atom. The number of ether oxygens (including phenoxy) is 1. The van der Waals surface area contributed by atoms with Crippen LogP contribution in [0.25, 0.3) is 16.1 Å². The number of hydrogen-bond donors (Lipinski definition) is 0. The lowest BCUT2D eigenvalue weighted by molar-refractivity contribution is -0.528. The highest BCUT2D eigenvalue weighted by atomic mass is 32.1. The van der Waals surface area contributed by atoms with Gasteiger partial charge in [-0.1, -0.05) is 60.7 Å². The topological polar surface area (TPSA) is 70.8 Å². The van der Waals surface area contributed by atoms with E-state index in [9.17, 15) is 9.90 Å². The normalized spacial score (nSPS) is 15.9. The maximum Gasteiger partial charge on any atom is 0.350 e. The van der Waals surface area contributed by atoms with Gasteiger partial charge in [-0.25, -0.2) is 14.4 Å². The molecule has 2 aromatic heterocycles. The third-order valence-corrected chi connectivity index (χ3v) is 6.75. The third kappa shape index (κ3) is 3.51. The van der Waals surface area contributed by atoms with E-state index >= 15 is 0 Å². The Hall–Kier alpha value is -3.45. The molecule has 0 fully saturated rings. The zero-order valence-corrected chi connectivity index (χ0v) is 17.8. The number of rotatable bonds is 4.